The van der Waals surface area contributed by atoms with Crippen molar-refractivity contribution in [3.63, 3.8) is 0 Å². The minimum absolute atomic E-state index is 0.297. The van der Waals surface area contributed by atoms with Crippen LogP contribution in [-0.2, 0) is 0 Å². The smallest absolute Gasteiger partial charge is 0.153 e. The molecule has 26 heavy (non-hydrogen) atoms. The van der Waals surface area contributed by atoms with Gasteiger partial charge in [0.15, 0.2) is 6.29 Å². The monoisotopic (exact) mass is 346 g/mol. The molecule has 0 atom stereocenters. The van der Waals surface area contributed by atoms with Crippen molar-refractivity contribution in [1.82, 2.24) is 9.97 Å². The molecular formula is C21H22N4O. The quantitative estimate of drug-likeness (QED) is 0.703. The zero-order valence-electron chi connectivity index (χ0n) is 14.6. The average molecular weight is 346 g/mol. The lowest BCUT2D eigenvalue weighted by molar-refractivity contribution is 0.112. The second-order valence-electron chi connectivity index (χ2n) is 6.93. The predicted molar refractivity (Wildman–Crippen MR) is 104 cm³/mol. The lowest BCUT2D eigenvalue weighted by Crippen LogP contribution is -2.33. The van der Waals surface area contributed by atoms with E-state index in [0.29, 0.717) is 17.6 Å². The molecule has 3 N–H and O–H groups in total. The van der Waals surface area contributed by atoms with Gasteiger partial charge in [-0.25, -0.2) is 0 Å². The van der Waals surface area contributed by atoms with Gasteiger partial charge in [0.2, 0.25) is 0 Å². The molecule has 0 saturated heterocycles. The van der Waals surface area contributed by atoms with Crippen molar-refractivity contribution in [2.45, 2.75) is 37.8 Å². The van der Waals surface area contributed by atoms with Gasteiger partial charge in [0.1, 0.15) is 0 Å². The van der Waals surface area contributed by atoms with Crippen LogP contribution in [0.1, 0.15) is 36.0 Å². The first-order valence-corrected chi connectivity index (χ1v) is 9.05. The maximum Gasteiger partial charge on any atom is 0.153 e. The molecule has 0 aliphatic heterocycles. The van der Waals surface area contributed by atoms with Crippen molar-refractivity contribution in [2.75, 3.05) is 5.32 Å². The number of carbonyl (C=O) groups is 1. The van der Waals surface area contributed by atoms with E-state index in [-0.39, 0.29) is 0 Å². The van der Waals surface area contributed by atoms with Crippen LogP contribution in [-0.4, -0.2) is 28.3 Å². The summed E-state index contributed by atoms with van der Waals surface area (Å²) in [6, 6.07) is 10.7. The van der Waals surface area contributed by atoms with E-state index >= 15 is 0 Å². The fourth-order valence-electron chi connectivity index (χ4n) is 3.65. The summed E-state index contributed by atoms with van der Waals surface area (Å²) in [5.41, 5.74) is 10.5. The van der Waals surface area contributed by atoms with Crippen molar-refractivity contribution >= 4 is 22.9 Å². The molecule has 0 spiro atoms. The fraction of sp³-hybridized carbons (Fsp3) is 0.286. The number of carbonyl (C=O) groups excluding carboxylic acids is 1. The Bertz CT molecular complexity index is 918. The van der Waals surface area contributed by atoms with Crippen LogP contribution >= 0.6 is 0 Å². The minimum atomic E-state index is 0.297. The Labute approximate surface area is 152 Å². The molecule has 1 saturated carbocycles. The minimum Gasteiger partial charge on any atom is -0.381 e. The van der Waals surface area contributed by atoms with Gasteiger partial charge in [0, 0.05) is 36.1 Å². The number of aromatic nitrogens is 2. The number of nitrogens with one attached hydrogen (secondary N) is 1. The highest BCUT2D eigenvalue weighted by molar-refractivity contribution is 6.01. The summed E-state index contributed by atoms with van der Waals surface area (Å²) < 4.78 is 0. The van der Waals surface area contributed by atoms with E-state index in [2.05, 4.69) is 27.4 Å². The standard InChI is InChI=1S/C21H22N4O/c22-17-2-4-18(5-3-17)25-21-16(13-26)12-24-20-6-1-15(11-19(20)21)14-7-9-23-10-8-14/h1,6-13,17-18H,2-5,22H2,(H,24,25). The summed E-state index contributed by atoms with van der Waals surface area (Å²) in [6.45, 7) is 0. The highest BCUT2D eigenvalue weighted by atomic mass is 16.1. The van der Waals surface area contributed by atoms with Crippen LogP contribution in [0.4, 0.5) is 5.69 Å². The first-order valence-electron chi connectivity index (χ1n) is 9.05. The number of anilines is 1. The first kappa shape index (κ1) is 16.7. The average Bonchev–Trinajstić information content (AvgIpc) is 2.70. The Balaban J connectivity index is 1.77. The normalized spacial score (nSPS) is 20.0. The number of fused-ring (bicyclic) bond motifs is 1. The summed E-state index contributed by atoms with van der Waals surface area (Å²) in [4.78, 5) is 20.1. The topological polar surface area (TPSA) is 80.9 Å². The van der Waals surface area contributed by atoms with E-state index in [1.807, 2.05) is 18.2 Å². The van der Waals surface area contributed by atoms with Crippen LogP contribution in [0.3, 0.4) is 0 Å². The molecule has 5 heteroatoms. The lowest BCUT2D eigenvalue weighted by atomic mass is 9.91. The molecule has 2 aromatic heterocycles. The van der Waals surface area contributed by atoms with E-state index < -0.39 is 0 Å². The van der Waals surface area contributed by atoms with Crippen LogP contribution < -0.4 is 11.1 Å². The van der Waals surface area contributed by atoms with Gasteiger partial charge < -0.3 is 11.1 Å². The van der Waals surface area contributed by atoms with Crippen molar-refractivity contribution in [3.05, 3.63) is 54.5 Å². The van der Waals surface area contributed by atoms with Gasteiger partial charge in [0.25, 0.3) is 0 Å². The van der Waals surface area contributed by atoms with E-state index in [0.717, 1.165) is 59.7 Å². The van der Waals surface area contributed by atoms with Crippen molar-refractivity contribution < 1.29 is 4.79 Å². The molecule has 0 amide bonds. The molecule has 0 bridgehead atoms. The SMILES string of the molecule is NC1CCC(Nc2c(C=O)cnc3ccc(-c4ccncc4)cc23)CC1. The Kier molecular flexibility index (Phi) is 4.63. The van der Waals surface area contributed by atoms with Gasteiger partial charge in [0.05, 0.1) is 16.8 Å². The number of pyridine rings is 2. The van der Waals surface area contributed by atoms with E-state index in [1.54, 1.807) is 18.6 Å². The summed E-state index contributed by atoms with van der Waals surface area (Å²) in [6.07, 6.45) is 10.2. The van der Waals surface area contributed by atoms with Gasteiger partial charge in [-0.2, -0.15) is 0 Å². The molecule has 4 rings (SSSR count). The summed E-state index contributed by atoms with van der Waals surface area (Å²) >= 11 is 0. The number of hydrogen-bond acceptors (Lipinski definition) is 5. The molecule has 132 valence electrons. The maximum atomic E-state index is 11.6. The molecule has 1 aliphatic carbocycles. The molecule has 1 aromatic carbocycles. The lowest BCUT2D eigenvalue weighted by Gasteiger charge is -2.28. The van der Waals surface area contributed by atoms with Gasteiger partial charge in [-0.05, 0) is 61.1 Å². The molecule has 2 heterocycles. The molecular weight excluding hydrogens is 324 g/mol. The van der Waals surface area contributed by atoms with Crippen molar-refractivity contribution in [2.24, 2.45) is 5.73 Å². The third kappa shape index (κ3) is 3.30. The second kappa shape index (κ2) is 7.22. The van der Waals surface area contributed by atoms with Gasteiger partial charge >= 0.3 is 0 Å². The maximum absolute atomic E-state index is 11.6. The van der Waals surface area contributed by atoms with Gasteiger partial charge in [-0.1, -0.05) is 6.07 Å². The van der Waals surface area contributed by atoms with E-state index in [4.69, 9.17) is 5.73 Å². The van der Waals surface area contributed by atoms with E-state index in [9.17, 15) is 4.79 Å². The number of benzene rings is 1. The molecule has 0 radical (unpaired) electrons. The summed E-state index contributed by atoms with van der Waals surface area (Å²) in [7, 11) is 0. The Morgan fingerprint density at radius 2 is 1.81 bits per heavy atom. The number of nitrogens with two attached hydrogens (primary N) is 1. The van der Waals surface area contributed by atoms with Crippen LogP contribution in [0, 0.1) is 0 Å². The Morgan fingerprint density at radius 3 is 2.54 bits per heavy atom. The number of aldehydes is 1. The highest BCUT2D eigenvalue weighted by Gasteiger charge is 2.20. The first-order chi connectivity index (χ1) is 12.7. The Morgan fingerprint density at radius 1 is 1.04 bits per heavy atom. The van der Waals surface area contributed by atoms with Crippen LogP contribution in [0.2, 0.25) is 0 Å². The second-order valence-corrected chi connectivity index (χ2v) is 6.93. The summed E-state index contributed by atoms with van der Waals surface area (Å²) in [5.74, 6) is 0. The Hall–Kier alpha value is -2.79. The zero-order valence-corrected chi connectivity index (χ0v) is 14.6. The van der Waals surface area contributed by atoms with Gasteiger partial charge in [-0.3, -0.25) is 14.8 Å². The fourth-order valence-corrected chi connectivity index (χ4v) is 3.65. The number of rotatable bonds is 4. The molecule has 3 aromatic rings. The van der Waals surface area contributed by atoms with Crippen LogP contribution in [0.15, 0.2) is 48.9 Å². The number of nitrogens with zero attached hydrogens (tertiary/aromatic N) is 2. The predicted octanol–water partition coefficient (Wildman–Crippen LogP) is 3.79. The largest absolute Gasteiger partial charge is 0.381 e. The molecule has 1 aliphatic rings. The van der Waals surface area contributed by atoms with Gasteiger partial charge in [-0.15, -0.1) is 0 Å². The van der Waals surface area contributed by atoms with Crippen molar-refractivity contribution in [1.29, 1.82) is 0 Å². The third-order valence-corrected chi connectivity index (χ3v) is 5.16. The molecule has 1 fully saturated rings. The molecule has 0 unspecified atom stereocenters. The zero-order chi connectivity index (χ0) is 17.9. The third-order valence-electron chi connectivity index (χ3n) is 5.16. The molecule has 5 nitrogen and oxygen atoms in total. The van der Waals surface area contributed by atoms with Crippen LogP contribution in [0.25, 0.3) is 22.0 Å². The van der Waals surface area contributed by atoms with Crippen LogP contribution in [0.5, 0.6) is 0 Å². The summed E-state index contributed by atoms with van der Waals surface area (Å²) in [5, 5.41) is 4.57. The highest BCUT2D eigenvalue weighted by Crippen LogP contribution is 2.32. The van der Waals surface area contributed by atoms with E-state index in [1.165, 1.54) is 0 Å². The number of hydrogen-bond donors (Lipinski definition) is 2. The van der Waals surface area contributed by atoms with Crippen molar-refractivity contribution in [3.8, 4) is 11.1 Å².